The number of carbonyl (C=O) groups excluding carboxylic acids is 1. The van der Waals surface area contributed by atoms with Crippen LogP contribution in [0.5, 0.6) is 0 Å². The maximum absolute atomic E-state index is 12.7. The van der Waals surface area contributed by atoms with Crippen LogP contribution in [0.15, 0.2) is 51.6 Å². The first-order valence-corrected chi connectivity index (χ1v) is 7.41. The first-order valence-electron chi connectivity index (χ1n) is 7.41. The Morgan fingerprint density at radius 3 is 2.96 bits per heavy atom. The molecule has 2 aromatic heterocycles. The lowest BCUT2D eigenvalue weighted by Crippen LogP contribution is -2.27. The second kappa shape index (κ2) is 5.31. The van der Waals surface area contributed by atoms with Crippen LogP contribution in [0.1, 0.15) is 33.9 Å². The number of nitrogen functional groups attached to an aromatic ring is 1. The number of nitrogens with zero attached hydrogens (tertiary/aromatic N) is 1. The number of aryl methyl sites for hydroxylation is 1. The van der Waals surface area contributed by atoms with Gasteiger partial charge >= 0.3 is 0 Å². The van der Waals surface area contributed by atoms with E-state index >= 15 is 0 Å². The number of anilines is 1. The molecule has 0 bridgehead atoms. The maximum atomic E-state index is 12.7. The fraction of sp³-hybridized carbons (Fsp3) is 0.176. The average Bonchev–Trinajstić information content (AvgIpc) is 3.27. The van der Waals surface area contributed by atoms with Gasteiger partial charge in [0, 0.05) is 0 Å². The summed E-state index contributed by atoms with van der Waals surface area (Å²) in [6.45, 7) is 0. The average molecular weight is 309 g/mol. The van der Waals surface area contributed by atoms with E-state index < -0.39 is 0 Å². The fourth-order valence-electron chi connectivity index (χ4n) is 3.04. The Labute approximate surface area is 132 Å². The monoisotopic (exact) mass is 309 g/mol. The van der Waals surface area contributed by atoms with Gasteiger partial charge in [0.1, 0.15) is 5.56 Å². The van der Waals surface area contributed by atoms with Crippen LogP contribution in [0.2, 0.25) is 0 Å². The third kappa shape index (κ3) is 2.28. The van der Waals surface area contributed by atoms with Gasteiger partial charge in [-0.15, -0.1) is 0 Å². The number of amides is 1. The molecule has 3 aromatic rings. The third-order valence-corrected chi connectivity index (χ3v) is 4.14. The molecule has 1 unspecified atom stereocenters. The van der Waals surface area contributed by atoms with Crippen molar-refractivity contribution in [1.29, 1.82) is 0 Å². The van der Waals surface area contributed by atoms with Gasteiger partial charge in [-0.25, -0.2) is 0 Å². The summed E-state index contributed by atoms with van der Waals surface area (Å²) in [5.41, 5.74) is 8.73. The van der Waals surface area contributed by atoms with Gasteiger partial charge in [0.25, 0.3) is 5.91 Å². The number of aromatic nitrogens is 1. The second-order valence-corrected chi connectivity index (χ2v) is 5.51. The molecule has 0 spiro atoms. The predicted molar refractivity (Wildman–Crippen MR) is 83.6 cm³/mol. The van der Waals surface area contributed by atoms with Crippen molar-refractivity contribution >= 4 is 11.8 Å². The number of carbonyl (C=O) groups is 1. The Bertz CT molecular complexity index is 852. The molecule has 6 heteroatoms. The normalized spacial score (nSPS) is 16.3. The van der Waals surface area contributed by atoms with Crippen molar-refractivity contribution in [1.82, 2.24) is 10.5 Å². The topological polar surface area (TPSA) is 94.3 Å². The van der Waals surface area contributed by atoms with Gasteiger partial charge in [-0.3, -0.25) is 4.79 Å². The van der Waals surface area contributed by atoms with E-state index in [0.717, 1.165) is 18.4 Å². The minimum Gasteiger partial charge on any atom is -0.463 e. The zero-order valence-corrected chi connectivity index (χ0v) is 12.3. The smallest absolute Gasteiger partial charge is 0.259 e. The summed E-state index contributed by atoms with van der Waals surface area (Å²) in [6, 6.07) is 11.5. The highest BCUT2D eigenvalue weighted by Gasteiger charge is 2.29. The minimum absolute atomic E-state index is 0.0137. The Morgan fingerprint density at radius 2 is 2.13 bits per heavy atom. The number of hydrogen-bond acceptors (Lipinski definition) is 5. The van der Waals surface area contributed by atoms with E-state index in [0.29, 0.717) is 11.5 Å². The van der Waals surface area contributed by atoms with Crippen LogP contribution in [0.4, 0.5) is 5.88 Å². The highest BCUT2D eigenvalue weighted by Crippen LogP contribution is 2.32. The third-order valence-electron chi connectivity index (χ3n) is 4.14. The highest BCUT2D eigenvalue weighted by atomic mass is 16.5. The maximum Gasteiger partial charge on any atom is 0.259 e. The lowest BCUT2D eigenvalue weighted by Gasteiger charge is -2.13. The Balaban J connectivity index is 1.63. The van der Waals surface area contributed by atoms with E-state index in [-0.39, 0.29) is 23.4 Å². The van der Waals surface area contributed by atoms with Gasteiger partial charge in [0.15, 0.2) is 11.5 Å². The molecule has 3 N–H and O–H groups in total. The molecule has 1 amide bonds. The number of benzene rings is 1. The number of nitrogens with two attached hydrogens (primary N) is 1. The van der Waals surface area contributed by atoms with Gasteiger partial charge in [-0.2, -0.15) is 0 Å². The summed E-state index contributed by atoms with van der Waals surface area (Å²) >= 11 is 0. The van der Waals surface area contributed by atoms with Crippen LogP contribution in [0.25, 0.3) is 11.5 Å². The standard InChI is InChI=1S/C17H15N3O3/c18-16-14(15(20-23-16)13-6-3-9-22-13)17(21)19-12-8-7-10-4-1-2-5-11(10)12/h1-6,9,12H,7-8,18H2,(H,19,21). The first kappa shape index (κ1) is 13.6. The molecule has 116 valence electrons. The largest absolute Gasteiger partial charge is 0.463 e. The van der Waals surface area contributed by atoms with Crippen LogP contribution in [-0.4, -0.2) is 11.1 Å². The van der Waals surface area contributed by atoms with Crippen LogP contribution in [0, 0.1) is 0 Å². The summed E-state index contributed by atoms with van der Waals surface area (Å²) < 4.78 is 10.3. The molecule has 1 aromatic carbocycles. The number of nitrogens with one attached hydrogen (secondary N) is 1. The zero-order valence-electron chi connectivity index (χ0n) is 12.3. The highest BCUT2D eigenvalue weighted by molar-refractivity contribution is 6.03. The van der Waals surface area contributed by atoms with Gasteiger partial charge < -0.3 is 20.0 Å². The lowest BCUT2D eigenvalue weighted by atomic mass is 10.1. The van der Waals surface area contributed by atoms with Crippen molar-refractivity contribution in [2.24, 2.45) is 0 Å². The summed E-state index contributed by atoms with van der Waals surface area (Å²) in [4.78, 5) is 12.7. The van der Waals surface area contributed by atoms with Crippen LogP contribution in [-0.2, 0) is 6.42 Å². The molecule has 1 aliphatic carbocycles. The van der Waals surface area contributed by atoms with E-state index in [2.05, 4.69) is 16.5 Å². The number of fused-ring (bicyclic) bond motifs is 1. The van der Waals surface area contributed by atoms with Crippen molar-refractivity contribution in [2.45, 2.75) is 18.9 Å². The lowest BCUT2D eigenvalue weighted by molar-refractivity contribution is 0.0937. The van der Waals surface area contributed by atoms with E-state index in [1.165, 1.54) is 11.8 Å². The molecular weight excluding hydrogens is 294 g/mol. The van der Waals surface area contributed by atoms with E-state index in [9.17, 15) is 4.79 Å². The summed E-state index contributed by atoms with van der Waals surface area (Å²) in [5, 5.41) is 6.86. The fourth-order valence-corrected chi connectivity index (χ4v) is 3.04. The molecule has 0 radical (unpaired) electrons. The number of rotatable bonds is 3. The molecule has 4 rings (SSSR count). The molecule has 23 heavy (non-hydrogen) atoms. The summed E-state index contributed by atoms with van der Waals surface area (Å²) in [6.07, 6.45) is 3.33. The SMILES string of the molecule is Nc1onc(-c2ccco2)c1C(=O)NC1CCc2ccccc21. The molecule has 1 atom stereocenters. The van der Waals surface area contributed by atoms with Crippen molar-refractivity contribution < 1.29 is 13.7 Å². The molecule has 0 saturated carbocycles. The van der Waals surface area contributed by atoms with Gasteiger partial charge in [0.2, 0.25) is 5.88 Å². The molecule has 6 nitrogen and oxygen atoms in total. The molecular formula is C17H15N3O3. The second-order valence-electron chi connectivity index (χ2n) is 5.51. The van der Waals surface area contributed by atoms with Crippen molar-refractivity contribution in [3.8, 4) is 11.5 Å². The van der Waals surface area contributed by atoms with Crippen LogP contribution >= 0.6 is 0 Å². The van der Waals surface area contributed by atoms with E-state index in [4.69, 9.17) is 14.7 Å². The van der Waals surface area contributed by atoms with E-state index in [1.54, 1.807) is 12.1 Å². The molecule has 0 saturated heterocycles. The minimum atomic E-state index is -0.308. The first-order chi connectivity index (χ1) is 11.2. The van der Waals surface area contributed by atoms with Crippen molar-refractivity contribution in [2.75, 3.05) is 5.73 Å². The number of furan rings is 1. The van der Waals surface area contributed by atoms with Crippen molar-refractivity contribution in [3.05, 3.63) is 59.4 Å². The van der Waals surface area contributed by atoms with Gasteiger partial charge in [0.05, 0.1) is 12.3 Å². The quantitative estimate of drug-likeness (QED) is 0.775. The van der Waals surface area contributed by atoms with E-state index in [1.807, 2.05) is 18.2 Å². The number of hydrogen-bond donors (Lipinski definition) is 2. The van der Waals surface area contributed by atoms with Crippen LogP contribution in [0.3, 0.4) is 0 Å². The Morgan fingerprint density at radius 1 is 1.26 bits per heavy atom. The molecule has 0 aliphatic heterocycles. The Kier molecular flexibility index (Phi) is 3.15. The van der Waals surface area contributed by atoms with Crippen molar-refractivity contribution in [3.63, 3.8) is 0 Å². The Hall–Kier alpha value is -3.02. The van der Waals surface area contributed by atoms with Gasteiger partial charge in [-0.05, 0) is 36.1 Å². The zero-order chi connectivity index (χ0) is 15.8. The predicted octanol–water partition coefficient (Wildman–Crippen LogP) is 2.93. The molecule has 1 aliphatic rings. The summed E-state index contributed by atoms with van der Waals surface area (Å²) in [7, 11) is 0. The van der Waals surface area contributed by atoms with Crippen LogP contribution < -0.4 is 11.1 Å². The summed E-state index contributed by atoms with van der Waals surface area (Å²) in [5.74, 6) is 0.124. The molecule has 2 heterocycles. The molecule has 0 fully saturated rings. The van der Waals surface area contributed by atoms with Gasteiger partial charge in [-0.1, -0.05) is 29.4 Å².